The number of hydrogen-bond donors (Lipinski definition) is 1. The topological polar surface area (TPSA) is 38.3 Å². The lowest BCUT2D eigenvalue weighted by Crippen LogP contribution is -2.14. The first-order valence-corrected chi connectivity index (χ1v) is 6.71. The van der Waals surface area contributed by atoms with Crippen molar-refractivity contribution in [2.24, 2.45) is 0 Å². The molecule has 2 rings (SSSR count). The number of para-hydroxylation sites is 1. The molecule has 0 amide bonds. The van der Waals surface area contributed by atoms with Crippen molar-refractivity contribution in [2.45, 2.75) is 12.8 Å². The van der Waals surface area contributed by atoms with E-state index in [4.69, 9.17) is 4.74 Å². The fourth-order valence-electron chi connectivity index (χ4n) is 1.92. The third kappa shape index (κ3) is 4.43. The molecule has 0 unspecified atom stereocenters. The Hall–Kier alpha value is -2.29. The van der Waals surface area contributed by atoms with Crippen LogP contribution in [0.4, 0.5) is 5.69 Å². The van der Waals surface area contributed by atoms with Gasteiger partial charge in [0.15, 0.2) is 5.78 Å². The molecule has 0 bridgehead atoms. The van der Waals surface area contributed by atoms with Crippen LogP contribution in [0.5, 0.6) is 5.75 Å². The van der Waals surface area contributed by atoms with Gasteiger partial charge in [-0.1, -0.05) is 30.3 Å². The van der Waals surface area contributed by atoms with Gasteiger partial charge in [0.25, 0.3) is 0 Å². The van der Waals surface area contributed by atoms with E-state index in [9.17, 15) is 4.79 Å². The minimum absolute atomic E-state index is 0.213. The number of anilines is 1. The SMILES string of the molecule is COc1ccc(CCC(=O)CNc2ccccc2)cc1. The Morgan fingerprint density at radius 2 is 1.75 bits per heavy atom. The molecule has 0 saturated carbocycles. The molecule has 0 atom stereocenters. The molecule has 0 spiro atoms. The van der Waals surface area contributed by atoms with E-state index in [2.05, 4.69) is 5.32 Å². The zero-order chi connectivity index (χ0) is 14.2. The number of hydrogen-bond acceptors (Lipinski definition) is 3. The van der Waals surface area contributed by atoms with Crippen LogP contribution in [0.2, 0.25) is 0 Å². The number of nitrogens with one attached hydrogen (secondary N) is 1. The Kier molecular flexibility index (Phi) is 5.18. The van der Waals surface area contributed by atoms with Gasteiger partial charge in [0.1, 0.15) is 5.75 Å². The molecule has 0 heterocycles. The van der Waals surface area contributed by atoms with Crippen LogP contribution in [0.25, 0.3) is 0 Å². The van der Waals surface area contributed by atoms with E-state index in [0.29, 0.717) is 13.0 Å². The van der Waals surface area contributed by atoms with Crippen molar-refractivity contribution in [3.8, 4) is 5.75 Å². The average Bonchev–Trinajstić information content (AvgIpc) is 2.52. The lowest BCUT2D eigenvalue weighted by molar-refractivity contribution is -0.117. The number of carbonyl (C=O) groups is 1. The van der Waals surface area contributed by atoms with E-state index in [1.807, 2.05) is 54.6 Å². The monoisotopic (exact) mass is 269 g/mol. The number of methoxy groups -OCH3 is 1. The third-order valence-corrected chi connectivity index (χ3v) is 3.12. The third-order valence-electron chi connectivity index (χ3n) is 3.12. The largest absolute Gasteiger partial charge is 0.497 e. The minimum atomic E-state index is 0.213. The van der Waals surface area contributed by atoms with Crippen molar-refractivity contribution in [3.63, 3.8) is 0 Å². The van der Waals surface area contributed by atoms with Crippen molar-refractivity contribution in [1.82, 2.24) is 0 Å². The highest BCUT2D eigenvalue weighted by atomic mass is 16.5. The average molecular weight is 269 g/mol. The van der Waals surface area contributed by atoms with Gasteiger partial charge in [-0.05, 0) is 36.2 Å². The number of rotatable bonds is 7. The number of aryl methyl sites for hydroxylation is 1. The van der Waals surface area contributed by atoms with Crippen molar-refractivity contribution >= 4 is 11.5 Å². The standard InChI is InChI=1S/C17H19NO2/c1-20-17-11-8-14(9-12-17)7-10-16(19)13-18-15-5-3-2-4-6-15/h2-6,8-9,11-12,18H,7,10,13H2,1H3. The van der Waals surface area contributed by atoms with E-state index in [1.54, 1.807) is 7.11 Å². The highest BCUT2D eigenvalue weighted by Gasteiger charge is 2.03. The first-order valence-electron chi connectivity index (χ1n) is 6.71. The van der Waals surface area contributed by atoms with Gasteiger partial charge in [-0.15, -0.1) is 0 Å². The zero-order valence-electron chi connectivity index (χ0n) is 11.6. The molecule has 0 aliphatic carbocycles. The van der Waals surface area contributed by atoms with Crippen LogP contribution in [0.3, 0.4) is 0 Å². The Bertz CT molecular complexity index is 535. The van der Waals surface area contributed by atoms with Crippen LogP contribution in [0, 0.1) is 0 Å². The Morgan fingerprint density at radius 1 is 1.05 bits per heavy atom. The maximum atomic E-state index is 11.8. The summed E-state index contributed by atoms with van der Waals surface area (Å²) in [5.74, 6) is 1.05. The molecule has 2 aromatic carbocycles. The lowest BCUT2D eigenvalue weighted by Gasteiger charge is -2.06. The normalized spacial score (nSPS) is 10.1. The lowest BCUT2D eigenvalue weighted by atomic mass is 10.1. The number of ether oxygens (including phenoxy) is 1. The Balaban J connectivity index is 1.74. The summed E-state index contributed by atoms with van der Waals surface area (Å²) in [5.41, 5.74) is 2.13. The molecule has 0 aromatic heterocycles. The summed E-state index contributed by atoms with van der Waals surface area (Å²) >= 11 is 0. The summed E-state index contributed by atoms with van der Waals surface area (Å²) < 4.78 is 5.11. The van der Waals surface area contributed by atoms with Gasteiger partial charge in [0, 0.05) is 12.1 Å². The molecule has 20 heavy (non-hydrogen) atoms. The second-order valence-corrected chi connectivity index (χ2v) is 4.61. The minimum Gasteiger partial charge on any atom is -0.497 e. The Morgan fingerprint density at radius 3 is 2.40 bits per heavy atom. The fourth-order valence-corrected chi connectivity index (χ4v) is 1.92. The molecule has 3 nitrogen and oxygen atoms in total. The number of ketones is 1. The van der Waals surface area contributed by atoms with Crippen LogP contribution in [0.15, 0.2) is 54.6 Å². The van der Waals surface area contributed by atoms with Crippen LogP contribution >= 0.6 is 0 Å². The van der Waals surface area contributed by atoms with Crippen LogP contribution < -0.4 is 10.1 Å². The molecule has 3 heteroatoms. The molecule has 0 fully saturated rings. The zero-order valence-corrected chi connectivity index (χ0v) is 11.6. The maximum absolute atomic E-state index is 11.8. The fraction of sp³-hybridized carbons (Fsp3) is 0.235. The molecular weight excluding hydrogens is 250 g/mol. The molecule has 2 aromatic rings. The van der Waals surface area contributed by atoms with Crippen molar-refractivity contribution in [2.75, 3.05) is 19.0 Å². The van der Waals surface area contributed by atoms with Gasteiger partial charge in [-0.25, -0.2) is 0 Å². The van der Waals surface area contributed by atoms with Crippen molar-refractivity contribution in [3.05, 3.63) is 60.2 Å². The first-order chi connectivity index (χ1) is 9.78. The van der Waals surface area contributed by atoms with E-state index >= 15 is 0 Å². The highest BCUT2D eigenvalue weighted by Crippen LogP contribution is 2.12. The molecular formula is C17H19NO2. The predicted molar refractivity (Wildman–Crippen MR) is 81.3 cm³/mol. The van der Waals surface area contributed by atoms with Crippen molar-refractivity contribution < 1.29 is 9.53 Å². The highest BCUT2D eigenvalue weighted by molar-refractivity contribution is 5.83. The summed E-state index contributed by atoms with van der Waals surface area (Å²) in [5, 5.41) is 3.13. The number of carbonyl (C=O) groups excluding carboxylic acids is 1. The van der Waals surface area contributed by atoms with Gasteiger partial charge < -0.3 is 10.1 Å². The van der Waals surface area contributed by atoms with Gasteiger partial charge >= 0.3 is 0 Å². The summed E-state index contributed by atoms with van der Waals surface area (Å²) in [7, 11) is 1.65. The first kappa shape index (κ1) is 14.1. The molecule has 0 aliphatic rings. The second-order valence-electron chi connectivity index (χ2n) is 4.61. The van der Waals surface area contributed by atoms with Gasteiger partial charge in [-0.2, -0.15) is 0 Å². The maximum Gasteiger partial charge on any atom is 0.152 e. The van der Waals surface area contributed by atoms with Gasteiger partial charge in [0.05, 0.1) is 13.7 Å². The van der Waals surface area contributed by atoms with Gasteiger partial charge in [-0.3, -0.25) is 4.79 Å². The molecule has 104 valence electrons. The smallest absolute Gasteiger partial charge is 0.152 e. The summed E-state index contributed by atoms with van der Waals surface area (Å²) in [6.45, 7) is 0.375. The second kappa shape index (κ2) is 7.34. The van der Waals surface area contributed by atoms with Gasteiger partial charge in [0.2, 0.25) is 0 Å². The summed E-state index contributed by atoms with van der Waals surface area (Å²) in [4.78, 5) is 11.8. The molecule has 1 N–H and O–H groups in total. The van der Waals surface area contributed by atoms with E-state index in [1.165, 1.54) is 0 Å². The summed E-state index contributed by atoms with van der Waals surface area (Å²) in [6.07, 6.45) is 1.31. The predicted octanol–water partition coefficient (Wildman–Crippen LogP) is 3.31. The Labute approximate surface area is 119 Å². The number of Topliss-reactive ketones (excluding diaryl/α,β-unsaturated/α-hetero) is 1. The summed E-state index contributed by atoms with van der Waals surface area (Å²) in [6, 6.07) is 17.6. The van der Waals surface area contributed by atoms with E-state index in [0.717, 1.165) is 23.4 Å². The van der Waals surface area contributed by atoms with E-state index < -0.39 is 0 Å². The van der Waals surface area contributed by atoms with Crippen LogP contribution in [-0.2, 0) is 11.2 Å². The number of benzene rings is 2. The molecule has 0 aliphatic heterocycles. The van der Waals surface area contributed by atoms with E-state index in [-0.39, 0.29) is 5.78 Å². The van der Waals surface area contributed by atoms with Crippen LogP contribution in [-0.4, -0.2) is 19.4 Å². The van der Waals surface area contributed by atoms with Crippen molar-refractivity contribution in [1.29, 1.82) is 0 Å². The quantitative estimate of drug-likeness (QED) is 0.838. The van der Waals surface area contributed by atoms with Crippen LogP contribution in [0.1, 0.15) is 12.0 Å². The molecule has 0 saturated heterocycles. The molecule has 0 radical (unpaired) electrons.